The van der Waals surface area contributed by atoms with Crippen molar-refractivity contribution in [2.45, 2.75) is 25.3 Å². The van der Waals surface area contributed by atoms with Crippen LogP contribution in [0.5, 0.6) is 5.75 Å². The average molecular weight is 423 g/mol. The van der Waals surface area contributed by atoms with Gasteiger partial charge in [0.15, 0.2) is 0 Å². The number of aromatic nitrogens is 2. The van der Waals surface area contributed by atoms with Crippen LogP contribution in [0.4, 0.5) is 4.39 Å². The molecule has 0 atom stereocenters. The summed E-state index contributed by atoms with van der Waals surface area (Å²) in [6, 6.07) is 14.2. The molecule has 2 aromatic carbocycles. The van der Waals surface area contributed by atoms with Crippen LogP contribution in [0.15, 0.2) is 48.5 Å². The molecule has 1 fully saturated rings. The van der Waals surface area contributed by atoms with Gasteiger partial charge in [-0.25, -0.2) is 9.37 Å². The van der Waals surface area contributed by atoms with Gasteiger partial charge in [-0.2, -0.15) is 0 Å². The van der Waals surface area contributed by atoms with E-state index in [0.29, 0.717) is 11.4 Å². The highest BCUT2D eigenvalue weighted by Gasteiger charge is 2.26. The van der Waals surface area contributed by atoms with Gasteiger partial charge in [-0.05, 0) is 67.9 Å². The fourth-order valence-corrected chi connectivity index (χ4v) is 4.04. The predicted octanol–water partition coefficient (Wildman–Crippen LogP) is 3.96. The first-order valence-corrected chi connectivity index (χ1v) is 10.5. The zero-order valence-electron chi connectivity index (χ0n) is 17.8. The van der Waals surface area contributed by atoms with Crippen molar-refractivity contribution < 1.29 is 13.9 Å². The maximum Gasteiger partial charge on any atom is 0.269 e. The Morgan fingerprint density at radius 3 is 2.45 bits per heavy atom. The molecule has 7 heteroatoms. The van der Waals surface area contributed by atoms with E-state index in [-0.39, 0.29) is 17.6 Å². The molecule has 1 amide bonds. The number of rotatable bonds is 6. The molecule has 0 spiro atoms. The molecule has 0 radical (unpaired) electrons. The molecular weight excluding hydrogens is 395 g/mol. The van der Waals surface area contributed by atoms with E-state index in [1.807, 2.05) is 12.1 Å². The van der Waals surface area contributed by atoms with Crippen LogP contribution in [0.3, 0.4) is 0 Å². The van der Waals surface area contributed by atoms with Gasteiger partial charge in [0.25, 0.3) is 5.91 Å². The van der Waals surface area contributed by atoms with Crippen LogP contribution < -0.4 is 10.1 Å². The minimum atomic E-state index is -0.315. The summed E-state index contributed by atoms with van der Waals surface area (Å²) < 4.78 is 18.6. The zero-order valence-corrected chi connectivity index (χ0v) is 17.8. The Hall–Kier alpha value is -3.19. The SMILES string of the molecule is CNC(=O)c1[nH]c(C2CCN(Cc3ccc(OC)cc3)CC2)nc1-c1ccc(F)cc1. The van der Waals surface area contributed by atoms with Crippen molar-refractivity contribution in [3.05, 3.63) is 71.4 Å². The number of nitrogens with zero attached hydrogens (tertiary/aromatic N) is 2. The molecule has 4 rings (SSSR count). The molecule has 2 heterocycles. The Morgan fingerprint density at radius 2 is 1.84 bits per heavy atom. The van der Waals surface area contributed by atoms with E-state index >= 15 is 0 Å². The molecule has 0 saturated carbocycles. The van der Waals surface area contributed by atoms with Gasteiger partial charge in [-0.1, -0.05) is 12.1 Å². The summed E-state index contributed by atoms with van der Waals surface area (Å²) in [5.74, 6) is 1.40. The van der Waals surface area contributed by atoms with E-state index in [4.69, 9.17) is 9.72 Å². The third-order valence-electron chi connectivity index (χ3n) is 5.83. The van der Waals surface area contributed by atoms with Gasteiger partial charge in [-0.15, -0.1) is 0 Å². The number of halogens is 1. The van der Waals surface area contributed by atoms with Gasteiger partial charge in [0.2, 0.25) is 0 Å². The van der Waals surface area contributed by atoms with Crippen molar-refractivity contribution in [1.29, 1.82) is 0 Å². The molecular formula is C24H27FN4O2. The number of aromatic amines is 1. The quantitative estimate of drug-likeness (QED) is 0.631. The number of methoxy groups -OCH3 is 1. The molecule has 3 aromatic rings. The molecule has 1 aliphatic heterocycles. The first kappa shape index (κ1) is 21.1. The minimum absolute atomic E-state index is 0.227. The number of hydrogen-bond acceptors (Lipinski definition) is 4. The number of benzene rings is 2. The number of carbonyl (C=O) groups is 1. The summed E-state index contributed by atoms with van der Waals surface area (Å²) in [7, 11) is 3.26. The van der Waals surface area contributed by atoms with Crippen LogP contribution in [0.1, 0.15) is 40.6 Å². The number of carbonyl (C=O) groups excluding carboxylic acids is 1. The third kappa shape index (κ3) is 4.77. The topological polar surface area (TPSA) is 70.2 Å². The van der Waals surface area contributed by atoms with Crippen LogP contribution >= 0.6 is 0 Å². The van der Waals surface area contributed by atoms with Gasteiger partial charge >= 0.3 is 0 Å². The van der Waals surface area contributed by atoms with Crippen molar-refractivity contribution in [2.75, 3.05) is 27.2 Å². The molecule has 1 saturated heterocycles. The second-order valence-corrected chi connectivity index (χ2v) is 7.83. The fourth-order valence-electron chi connectivity index (χ4n) is 4.04. The second-order valence-electron chi connectivity index (χ2n) is 7.83. The van der Waals surface area contributed by atoms with Crippen LogP contribution in [0.25, 0.3) is 11.3 Å². The average Bonchev–Trinajstić information content (AvgIpc) is 3.25. The zero-order chi connectivity index (χ0) is 21.8. The van der Waals surface area contributed by atoms with Crippen molar-refractivity contribution in [3.8, 4) is 17.0 Å². The highest BCUT2D eigenvalue weighted by Crippen LogP contribution is 2.31. The van der Waals surface area contributed by atoms with Gasteiger partial charge < -0.3 is 15.0 Å². The highest BCUT2D eigenvalue weighted by atomic mass is 19.1. The van der Waals surface area contributed by atoms with Gasteiger partial charge in [0.05, 0.1) is 7.11 Å². The smallest absolute Gasteiger partial charge is 0.269 e. The standard InChI is InChI=1S/C24H27FN4O2/c1-26-24(30)22-21(17-5-7-19(25)8-6-17)27-23(28-22)18-11-13-29(14-12-18)15-16-3-9-20(31-2)10-4-16/h3-10,18H,11-15H2,1-2H3,(H,26,30)(H,27,28). The highest BCUT2D eigenvalue weighted by molar-refractivity contribution is 5.98. The lowest BCUT2D eigenvalue weighted by Crippen LogP contribution is -2.32. The van der Waals surface area contributed by atoms with Crippen LogP contribution in [-0.4, -0.2) is 48.0 Å². The molecule has 162 valence electrons. The Morgan fingerprint density at radius 1 is 1.16 bits per heavy atom. The van der Waals surface area contributed by atoms with E-state index in [9.17, 15) is 9.18 Å². The lowest BCUT2D eigenvalue weighted by molar-refractivity contribution is 0.0959. The number of imidazole rings is 1. The maximum absolute atomic E-state index is 13.3. The van der Waals surface area contributed by atoms with Gasteiger partial charge in [-0.3, -0.25) is 9.69 Å². The van der Waals surface area contributed by atoms with Gasteiger partial charge in [0.1, 0.15) is 28.8 Å². The monoisotopic (exact) mass is 422 g/mol. The Balaban J connectivity index is 1.46. The normalized spacial score (nSPS) is 15.1. The number of hydrogen-bond donors (Lipinski definition) is 2. The first-order valence-electron chi connectivity index (χ1n) is 10.5. The fraction of sp³-hybridized carbons (Fsp3) is 0.333. The number of H-pyrrole nitrogens is 1. The number of nitrogens with one attached hydrogen (secondary N) is 2. The minimum Gasteiger partial charge on any atom is -0.497 e. The maximum atomic E-state index is 13.3. The van der Waals surface area contributed by atoms with E-state index < -0.39 is 0 Å². The van der Waals surface area contributed by atoms with Crippen molar-refractivity contribution in [3.63, 3.8) is 0 Å². The summed E-state index contributed by atoms with van der Waals surface area (Å²) in [6.45, 7) is 2.82. The van der Waals surface area contributed by atoms with Crippen LogP contribution in [0, 0.1) is 5.82 Å². The summed E-state index contributed by atoms with van der Waals surface area (Å²) in [4.78, 5) is 22.8. The van der Waals surface area contributed by atoms with E-state index in [1.54, 1.807) is 26.3 Å². The van der Waals surface area contributed by atoms with Crippen molar-refractivity contribution >= 4 is 5.91 Å². The molecule has 31 heavy (non-hydrogen) atoms. The Bertz CT molecular complexity index is 1020. The summed E-state index contributed by atoms with van der Waals surface area (Å²) in [6.07, 6.45) is 1.92. The summed E-state index contributed by atoms with van der Waals surface area (Å²) in [5, 5.41) is 2.66. The number of ether oxygens (including phenoxy) is 1. The third-order valence-corrected chi connectivity index (χ3v) is 5.83. The van der Waals surface area contributed by atoms with Gasteiger partial charge in [0, 0.05) is 25.1 Å². The molecule has 6 nitrogen and oxygen atoms in total. The lowest BCUT2D eigenvalue weighted by Gasteiger charge is -2.31. The van der Waals surface area contributed by atoms with Crippen LogP contribution in [0.2, 0.25) is 0 Å². The molecule has 0 unspecified atom stereocenters. The van der Waals surface area contributed by atoms with E-state index in [2.05, 4.69) is 27.3 Å². The molecule has 1 aromatic heterocycles. The Kier molecular flexibility index (Phi) is 6.32. The summed E-state index contributed by atoms with van der Waals surface area (Å²) in [5.41, 5.74) is 2.97. The first-order chi connectivity index (χ1) is 15.1. The molecule has 0 bridgehead atoms. The van der Waals surface area contributed by atoms with Crippen molar-refractivity contribution in [2.24, 2.45) is 0 Å². The summed E-state index contributed by atoms with van der Waals surface area (Å²) >= 11 is 0. The van der Waals surface area contributed by atoms with Crippen LogP contribution in [-0.2, 0) is 6.54 Å². The Labute approximate surface area is 181 Å². The van der Waals surface area contributed by atoms with Crippen molar-refractivity contribution in [1.82, 2.24) is 20.2 Å². The second kappa shape index (κ2) is 9.31. The molecule has 0 aliphatic carbocycles. The molecule has 1 aliphatic rings. The van der Waals surface area contributed by atoms with E-state index in [0.717, 1.165) is 49.6 Å². The van der Waals surface area contributed by atoms with E-state index in [1.165, 1.54) is 17.7 Å². The largest absolute Gasteiger partial charge is 0.497 e. The lowest BCUT2D eigenvalue weighted by atomic mass is 9.96. The number of amides is 1. The predicted molar refractivity (Wildman–Crippen MR) is 118 cm³/mol. The number of likely N-dealkylation sites (tertiary alicyclic amines) is 1. The number of piperidine rings is 1. The molecule has 2 N–H and O–H groups in total.